The topological polar surface area (TPSA) is 55.8 Å². The van der Waals surface area contributed by atoms with Gasteiger partial charge in [0.15, 0.2) is 0 Å². The SMILES string of the molecule is O=C(O[Te]1(Oc2ccccc2O)c2ccccc2-c2ccccc21)C(Cl)Cl. The third kappa shape index (κ3) is 3.15. The van der Waals surface area contributed by atoms with E-state index in [1.165, 1.54) is 6.07 Å². The van der Waals surface area contributed by atoms with Crippen LogP contribution in [0, 0.1) is 0 Å². The number of alkyl halides is 2. The maximum absolute atomic E-state index is 12.4. The Morgan fingerprint density at radius 1 is 0.852 bits per heavy atom. The van der Waals surface area contributed by atoms with E-state index in [9.17, 15) is 9.90 Å². The average molecular weight is 517 g/mol. The average Bonchev–Trinajstić information content (AvgIpc) is 2.94. The molecule has 1 N–H and O–H groups in total. The number of halogens is 2. The third-order valence-corrected chi connectivity index (χ3v) is 12.1. The Bertz CT molecular complexity index is 977. The Kier molecular flexibility index (Phi) is 4.96. The molecule has 1 aliphatic heterocycles. The number of fused-ring (bicyclic) bond motifs is 3. The van der Waals surface area contributed by atoms with E-state index < -0.39 is 29.8 Å². The minimum atomic E-state index is -4.26. The molecule has 138 valence electrons. The Labute approximate surface area is 171 Å². The van der Waals surface area contributed by atoms with Crippen LogP contribution in [-0.4, -0.2) is 34.9 Å². The summed E-state index contributed by atoms with van der Waals surface area (Å²) in [5.41, 5.74) is 1.89. The van der Waals surface area contributed by atoms with Crippen molar-refractivity contribution in [3.05, 3.63) is 72.8 Å². The fraction of sp³-hybridized carbons (Fsp3) is 0.0500. The first-order chi connectivity index (χ1) is 13.0. The molecule has 27 heavy (non-hydrogen) atoms. The molecule has 0 aromatic heterocycles. The molecule has 1 aliphatic rings. The number of para-hydroxylation sites is 2. The summed E-state index contributed by atoms with van der Waals surface area (Å²) < 4.78 is 13.9. The molecule has 0 atom stereocenters. The summed E-state index contributed by atoms with van der Waals surface area (Å²) in [5.74, 6) is -0.547. The molecule has 0 saturated carbocycles. The molecule has 0 saturated heterocycles. The molecule has 4 nitrogen and oxygen atoms in total. The summed E-state index contributed by atoms with van der Waals surface area (Å²) in [5, 5.41) is 10.2. The molecular weight excluding hydrogens is 503 g/mol. The van der Waals surface area contributed by atoms with Crippen molar-refractivity contribution in [3.63, 3.8) is 0 Å². The second-order valence-corrected chi connectivity index (χ2v) is 13.2. The van der Waals surface area contributed by atoms with Gasteiger partial charge in [0, 0.05) is 0 Å². The van der Waals surface area contributed by atoms with Crippen molar-refractivity contribution in [2.75, 3.05) is 0 Å². The van der Waals surface area contributed by atoms with E-state index in [-0.39, 0.29) is 11.5 Å². The molecule has 0 radical (unpaired) electrons. The first kappa shape index (κ1) is 18.5. The van der Waals surface area contributed by atoms with Gasteiger partial charge in [-0.3, -0.25) is 0 Å². The van der Waals surface area contributed by atoms with Crippen LogP contribution in [0.1, 0.15) is 0 Å². The van der Waals surface area contributed by atoms with Crippen molar-refractivity contribution >= 4 is 55.4 Å². The molecule has 3 aromatic rings. The molecule has 1 heterocycles. The summed E-state index contributed by atoms with van der Waals surface area (Å²) in [6.07, 6.45) is 0. The zero-order valence-corrected chi connectivity index (χ0v) is 17.7. The number of carbonyl (C=O) groups excluding carboxylic acids is 1. The predicted molar refractivity (Wildman–Crippen MR) is 107 cm³/mol. The minimum absolute atomic E-state index is 0.0330. The summed E-state index contributed by atoms with van der Waals surface area (Å²) >= 11 is 7.29. The summed E-state index contributed by atoms with van der Waals surface area (Å²) in [7, 11) is 0. The first-order valence-corrected chi connectivity index (χ1v) is 13.1. The molecular formula is C20H14Cl2O4Te. The van der Waals surface area contributed by atoms with E-state index in [1.807, 2.05) is 48.5 Å². The molecule has 0 unspecified atom stereocenters. The van der Waals surface area contributed by atoms with Crippen molar-refractivity contribution in [3.8, 4) is 22.6 Å². The number of hydrogen-bond acceptors (Lipinski definition) is 4. The number of rotatable bonds is 4. The van der Waals surface area contributed by atoms with E-state index in [1.54, 1.807) is 18.2 Å². The van der Waals surface area contributed by atoms with Gasteiger partial charge in [-0.15, -0.1) is 0 Å². The number of hydrogen-bond donors (Lipinski definition) is 1. The van der Waals surface area contributed by atoms with Crippen LogP contribution in [0.5, 0.6) is 11.5 Å². The zero-order chi connectivity index (χ0) is 19.0. The normalized spacial score (nSPS) is 14.9. The van der Waals surface area contributed by atoms with E-state index in [2.05, 4.69) is 0 Å². The summed E-state index contributed by atoms with van der Waals surface area (Å²) in [6.45, 7) is 0. The van der Waals surface area contributed by atoms with Gasteiger partial charge in [-0.2, -0.15) is 0 Å². The van der Waals surface area contributed by atoms with Gasteiger partial charge in [-0.1, -0.05) is 0 Å². The predicted octanol–water partition coefficient (Wildman–Crippen LogP) is 3.35. The summed E-state index contributed by atoms with van der Waals surface area (Å²) in [4.78, 5) is 11.1. The Hall–Kier alpha value is -1.90. The van der Waals surface area contributed by atoms with Crippen LogP contribution in [0.15, 0.2) is 72.8 Å². The van der Waals surface area contributed by atoms with Crippen molar-refractivity contribution in [2.24, 2.45) is 0 Å². The van der Waals surface area contributed by atoms with Gasteiger partial charge >= 0.3 is 172 Å². The molecule has 4 rings (SSSR count). The second-order valence-electron chi connectivity index (χ2n) is 5.75. The number of benzene rings is 3. The van der Waals surface area contributed by atoms with Crippen LogP contribution in [0.25, 0.3) is 11.1 Å². The fourth-order valence-corrected chi connectivity index (χ4v) is 11.4. The number of carbonyl (C=O) groups is 1. The van der Waals surface area contributed by atoms with Crippen LogP contribution in [-0.2, 0) is 7.90 Å². The summed E-state index contributed by atoms with van der Waals surface area (Å²) in [6, 6.07) is 21.9. The van der Waals surface area contributed by atoms with Crippen molar-refractivity contribution in [1.82, 2.24) is 0 Å². The number of aromatic hydroxyl groups is 1. The maximum atomic E-state index is 12.4. The third-order valence-electron chi connectivity index (χ3n) is 4.09. The number of phenols is 1. The molecule has 0 aliphatic carbocycles. The molecule has 0 spiro atoms. The van der Waals surface area contributed by atoms with E-state index in [0.29, 0.717) is 0 Å². The van der Waals surface area contributed by atoms with Gasteiger partial charge in [0.05, 0.1) is 0 Å². The molecule has 0 amide bonds. The molecule has 0 bridgehead atoms. The van der Waals surface area contributed by atoms with Gasteiger partial charge in [0.25, 0.3) is 0 Å². The van der Waals surface area contributed by atoms with Crippen LogP contribution >= 0.6 is 23.2 Å². The van der Waals surface area contributed by atoms with Gasteiger partial charge < -0.3 is 0 Å². The van der Waals surface area contributed by atoms with Gasteiger partial charge in [-0.05, 0) is 0 Å². The van der Waals surface area contributed by atoms with Crippen LogP contribution < -0.4 is 10.3 Å². The van der Waals surface area contributed by atoms with Crippen LogP contribution in [0.3, 0.4) is 0 Å². The van der Waals surface area contributed by atoms with Crippen LogP contribution in [0.2, 0.25) is 0 Å². The van der Waals surface area contributed by atoms with E-state index in [0.717, 1.165) is 18.3 Å². The second kappa shape index (κ2) is 7.26. The molecule has 3 aromatic carbocycles. The Morgan fingerprint density at radius 3 is 1.93 bits per heavy atom. The Morgan fingerprint density at radius 2 is 1.37 bits per heavy atom. The van der Waals surface area contributed by atoms with Crippen molar-refractivity contribution in [2.45, 2.75) is 4.84 Å². The Balaban J connectivity index is 1.96. The standard InChI is InChI=1S/C20H14Cl2O4Te/c21-19(22)20(24)26-27(25-16-10-4-3-9-15(16)23)17-11-5-1-7-13(17)14-8-2-6-12-18(14)27/h1-12,19,23H. The van der Waals surface area contributed by atoms with Gasteiger partial charge in [-0.25, -0.2) is 0 Å². The van der Waals surface area contributed by atoms with Gasteiger partial charge in [0.2, 0.25) is 0 Å². The van der Waals surface area contributed by atoms with Crippen molar-refractivity contribution < 1.29 is 16.1 Å². The monoisotopic (exact) mass is 518 g/mol. The van der Waals surface area contributed by atoms with Gasteiger partial charge in [0.1, 0.15) is 0 Å². The van der Waals surface area contributed by atoms with Crippen LogP contribution in [0.4, 0.5) is 0 Å². The fourth-order valence-electron chi connectivity index (χ4n) is 2.97. The number of phenolic OH excluding ortho intramolecular Hbond substituents is 1. The van der Waals surface area contributed by atoms with E-state index >= 15 is 0 Å². The molecule has 0 fully saturated rings. The molecule has 7 heteroatoms. The first-order valence-electron chi connectivity index (χ1n) is 8.03. The van der Waals surface area contributed by atoms with E-state index in [4.69, 9.17) is 29.4 Å². The zero-order valence-electron chi connectivity index (χ0n) is 13.8. The van der Waals surface area contributed by atoms with Crippen molar-refractivity contribution in [1.29, 1.82) is 0 Å². The quantitative estimate of drug-likeness (QED) is 0.427.